The normalized spacial score (nSPS) is 10.7. The fourth-order valence-corrected chi connectivity index (χ4v) is 2.35. The maximum Gasteiger partial charge on any atom is 0.325 e. The summed E-state index contributed by atoms with van der Waals surface area (Å²) in [6.07, 6.45) is 1.61. The molecule has 2 rings (SSSR count). The van der Waals surface area contributed by atoms with E-state index in [0.717, 1.165) is 5.75 Å². The van der Waals surface area contributed by atoms with Crippen molar-refractivity contribution < 1.29 is 9.47 Å². The highest BCUT2D eigenvalue weighted by molar-refractivity contribution is 9.10. The van der Waals surface area contributed by atoms with Crippen molar-refractivity contribution in [3.63, 3.8) is 0 Å². The minimum absolute atomic E-state index is 0.266. The maximum absolute atomic E-state index is 5.67. The van der Waals surface area contributed by atoms with Crippen LogP contribution in [-0.2, 0) is 0 Å². The number of aromatic nitrogens is 2. The quantitative estimate of drug-likeness (QED) is 0.826. The number of benzene rings is 1. The number of nitrogens with zero attached hydrogens (tertiary/aromatic N) is 2. The van der Waals surface area contributed by atoms with Crippen LogP contribution in [0.25, 0.3) is 0 Å². The van der Waals surface area contributed by atoms with Gasteiger partial charge in [0.05, 0.1) is 17.8 Å². The van der Waals surface area contributed by atoms with Gasteiger partial charge in [-0.05, 0) is 52.0 Å². The van der Waals surface area contributed by atoms with Crippen molar-refractivity contribution in [3.05, 3.63) is 40.0 Å². The molecular weight excluding hydrogens is 320 g/mol. The van der Waals surface area contributed by atoms with E-state index in [1.54, 1.807) is 13.3 Å². The fraction of sp³-hybridized carbons (Fsp3) is 0.333. The number of hydrogen-bond donors (Lipinski definition) is 0. The Bertz CT molecular complexity index is 615. The third-order valence-corrected chi connectivity index (χ3v) is 3.50. The Morgan fingerprint density at radius 3 is 2.60 bits per heavy atom. The molecule has 1 aromatic heterocycles. The Kier molecular flexibility index (Phi) is 4.60. The standard InChI is InChI=1S/C15H17BrN2O2/c1-9(2)12-6-5-11(7-10(12)3)20-15-17-8-13(16)14(18-15)19-4/h5-9H,1-4H3. The zero-order valence-corrected chi connectivity index (χ0v) is 13.6. The molecule has 0 saturated carbocycles. The van der Waals surface area contributed by atoms with Gasteiger partial charge in [-0.1, -0.05) is 19.9 Å². The van der Waals surface area contributed by atoms with Gasteiger partial charge in [-0.25, -0.2) is 4.98 Å². The van der Waals surface area contributed by atoms with Crippen molar-refractivity contribution in [2.45, 2.75) is 26.7 Å². The highest BCUT2D eigenvalue weighted by atomic mass is 79.9. The summed E-state index contributed by atoms with van der Waals surface area (Å²) in [5.74, 6) is 1.66. The Hall–Kier alpha value is -1.62. The number of ether oxygens (including phenoxy) is 2. The van der Waals surface area contributed by atoms with E-state index in [1.807, 2.05) is 12.1 Å². The van der Waals surface area contributed by atoms with Crippen molar-refractivity contribution in [1.29, 1.82) is 0 Å². The number of halogens is 1. The van der Waals surface area contributed by atoms with Crippen molar-refractivity contribution in [3.8, 4) is 17.6 Å². The summed E-state index contributed by atoms with van der Waals surface area (Å²) in [6, 6.07) is 6.26. The summed E-state index contributed by atoms with van der Waals surface area (Å²) in [5.41, 5.74) is 2.51. The summed E-state index contributed by atoms with van der Waals surface area (Å²) >= 11 is 3.31. The number of rotatable bonds is 4. The van der Waals surface area contributed by atoms with Crippen molar-refractivity contribution >= 4 is 15.9 Å². The Morgan fingerprint density at radius 2 is 2.00 bits per heavy atom. The van der Waals surface area contributed by atoms with Gasteiger partial charge in [0, 0.05) is 0 Å². The van der Waals surface area contributed by atoms with Crippen LogP contribution in [0.1, 0.15) is 30.9 Å². The van der Waals surface area contributed by atoms with Crippen molar-refractivity contribution in [2.75, 3.05) is 7.11 Å². The lowest BCUT2D eigenvalue weighted by molar-refractivity contribution is 0.373. The predicted octanol–water partition coefficient (Wildman–Crippen LogP) is 4.47. The molecule has 0 radical (unpaired) electrons. The lowest BCUT2D eigenvalue weighted by atomic mass is 9.98. The van der Waals surface area contributed by atoms with Crippen LogP contribution in [0.3, 0.4) is 0 Å². The van der Waals surface area contributed by atoms with Gasteiger partial charge in [-0.2, -0.15) is 4.98 Å². The lowest BCUT2D eigenvalue weighted by Gasteiger charge is -2.11. The van der Waals surface area contributed by atoms with Crippen LogP contribution in [0.5, 0.6) is 17.6 Å². The summed E-state index contributed by atoms with van der Waals surface area (Å²) in [6.45, 7) is 6.42. The van der Waals surface area contributed by atoms with Gasteiger partial charge in [0.1, 0.15) is 5.75 Å². The SMILES string of the molecule is COc1nc(Oc2ccc(C(C)C)c(C)c2)ncc1Br. The molecule has 2 aromatic rings. The summed E-state index contributed by atoms with van der Waals surface area (Å²) in [4.78, 5) is 8.28. The molecule has 0 atom stereocenters. The second kappa shape index (κ2) is 6.22. The third kappa shape index (κ3) is 3.28. The van der Waals surface area contributed by atoms with E-state index < -0.39 is 0 Å². The van der Waals surface area contributed by atoms with Gasteiger partial charge in [-0.15, -0.1) is 0 Å². The van der Waals surface area contributed by atoms with Crippen LogP contribution in [0, 0.1) is 6.92 Å². The number of aryl methyl sites for hydroxylation is 1. The third-order valence-electron chi connectivity index (χ3n) is 2.96. The summed E-state index contributed by atoms with van der Waals surface area (Å²) in [5, 5.41) is 0. The van der Waals surface area contributed by atoms with Crippen LogP contribution in [-0.4, -0.2) is 17.1 Å². The van der Waals surface area contributed by atoms with E-state index >= 15 is 0 Å². The molecule has 0 saturated heterocycles. The molecule has 0 bridgehead atoms. The Labute approximate surface area is 127 Å². The average molecular weight is 337 g/mol. The van der Waals surface area contributed by atoms with E-state index in [9.17, 15) is 0 Å². The average Bonchev–Trinajstić information content (AvgIpc) is 2.40. The molecule has 20 heavy (non-hydrogen) atoms. The molecule has 106 valence electrons. The van der Waals surface area contributed by atoms with Gasteiger partial charge in [0.25, 0.3) is 0 Å². The number of methoxy groups -OCH3 is 1. The first kappa shape index (κ1) is 14.8. The van der Waals surface area contributed by atoms with Gasteiger partial charge in [-0.3, -0.25) is 0 Å². The minimum atomic E-state index is 0.266. The first-order chi connectivity index (χ1) is 9.51. The van der Waals surface area contributed by atoms with Gasteiger partial charge in [0.15, 0.2) is 0 Å². The van der Waals surface area contributed by atoms with Crippen LogP contribution < -0.4 is 9.47 Å². The van der Waals surface area contributed by atoms with E-state index in [0.29, 0.717) is 16.3 Å². The largest absolute Gasteiger partial charge is 0.480 e. The van der Waals surface area contributed by atoms with E-state index in [4.69, 9.17) is 9.47 Å². The summed E-state index contributed by atoms with van der Waals surface area (Å²) in [7, 11) is 1.55. The Morgan fingerprint density at radius 1 is 1.25 bits per heavy atom. The van der Waals surface area contributed by atoms with Crippen LogP contribution in [0.2, 0.25) is 0 Å². The molecule has 0 aliphatic heterocycles. The smallest absolute Gasteiger partial charge is 0.325 e. The van der Waals surface area contributed by atoms with Crippen molar-refractivity contribution in [1.82, 2.24) is 9.97 Å². The molecule has 1 aromatic carbocycles. The van der Waals surface area contributed by atoms with Crippen LogP contribution in [0.15, 0.2) is 28.9 Å². The number of hydrogen-bond acceptors (Lipinski definition) is 4. The van der Waals surface area contributed by atoms with Gasteiger partial charge in [0.2, 0.25) is 5.88 Å². The second-order valence-electron chi connectivity index (χ2n) is 4.78. The summed E-state index contributed by atoms with van der Waals surface area (Å²) < 4.78 is 11.5. The fourth-order valence-electron chi connectivity index (χ4n) is 1.99. The zero-order valence-electron chi connectivity index (χ0n) is 12.0. The zero-order chi connectivity index (χ0) is 14.7. The lowest BCUT2D eigenvalue weighted by Crippen LogP contribution is -1.97. The van der Waals surface area contributed by atoms with Crippen molar-refractivity contribution in [2.24, 2.45) is 0 Å². The topological polar surface area (TPSA) is 44.2 Å². The first-order valence-corrected chi connectivity index (χ1v) is 7.15. The molecular formula is C15H17BrN2O2. The molecule has 5 heteroatoms. The van der Waals surface area contributed by atoms with E-state index in [-0.39, 0.29) is 6.01 Å². The molecule has 1 heterocycles. The molecule has 0 N–H and O–H groups in total. The molecule has 0 aliphatic carbocycles. The Balaban J connectivity index is 2.24. The van der Waals surface area contributed by atoms with Crippen LogP contribution >= 0.6 is 15.9 Å². The highest BCUT2D eigenvalue weighted by Crippen LogP contribution is 2.28. The first-order valence-electron chi connectivity index (χ1n) is 6.36. The monoisotopic (exact) mass is 336 g/mol. The molecule has 0 amide bonds. The van der Waals surface area contributed by atoms with Gasteiger partial charge >= 0.3 is 6.01 Å². The molecule has 0 aliphatic rings. The van der Waals surface area contributed by atoms with Gasteiger partial charge < -0.3 is 9.47 Å². The minimum Gasteiger partial charge on any atom is -0.480 e. The predicted molar refractivity (Wildman–Crippen MR) is 81.6 cm³/mol. The second-order valence-corrected chi connectivity index (χ2v) is 5.64. The van der Waals surface area contributed by atoms with Crippen LogP contribution in [0.4, 0.5) is 0 Å². The molecule has 0 fully saturated rings. The van der Waals surface area contributed by atoms with E-state index in [2.05, 4.69) is 52.7 Å². The van der Waals surface area contributed by atoms with E-state index in [1.165, 1.54) is 11.1 Å². The molecule has 0 unspecified atom stereocenters. The highest BCUT2D eigenvalue weighted by Gasteiger charge is 2.09. The molecule has 4 nitrogen and oxygen atoms in total. The maximum atomic E-state index is 5.67. The molecule has 0 spiro atoms.